The molecule has 0 aliphatic carbocycles. The van der Waals surface area contributed by atoms with E-state index in [0.29, 0.717) is 5.56 Å². The second-order valence-electron chi connectivity index (χ2n) is 5.92. The minimum Gasteiger partial charge on any atom is -0.207 e. The fourth-order valence-electron chi connectivity index (χ4n) is 2.22. The predicted molar refractivity (Wildman–Crippen MR) is 83.8 cm³/mol. The van der Waals surface area contributed by atoms with E-state index in [4.69, 9.17) is 11.6 Å². The monoisotopic (exact) mass is 308 g/mol. The highest BCUT2D eigenvalue weighted by Crippen LogP contribution is 2.32. The summed E-state index contributed by atoms with van der Waals surface area (Å²) in [6, 6.07) is 11.3. The Labute approximate surface area is 129 Å². The average molecular weight is 309 g/mol. The van der Waals surface area contributed by atoms with E-state index in [-0.39, 0.29) is 5.41 Å². The third-order valence-electron chi connectivity index (χ3n) is 4.05. The van der Waals surface area contributed by atoms with Gasteiger partial charge in [-0.2, -0.15) is 0 Å². The van der Waals surface area contributed by atoms with Crippen LogP contribution in [-0.4, -0.2) is 0 Å². The van der Waals surface area contributed by atoms with E-state index in [2.05, 4.69) is 20.8 Å². The van der Waals surface area contributed by atoms with Gasteiger partial charge in [-0.25, -0.2) is 8.78 Å². The molecule has 0 aliphatic heterocycles. The molecule has 2 aromatic rings. The minimum atomic E-state index is -0.612. The average Bonchev–Trinajstić information content (AvgIpc) is 2.45. The third kappa shape index (κ3) is 3.62. The molecule has 1 unspecified atom stereocenters. The first-order valence-electron chi connectivity index (χ1n) is 7.04. The lowest BCUT2D eigenvalue weighted by Gasteiger charge is -2.24. The van der Waals surface area contributed by atoms with E-state index in [0.717, 1.165) is 18.1 Å². The lowest BCUT2D eigenvalue weighted by atomic mass is 9.82. The summed E-state index contributed by atoms with van der Waals surface area (Å²) < 4.78 is 26.5. The maximum absolute atomic E-state index is 13.3. The highest BCUT2D eigenvalue weighted by atomic mass is 35.5. The van der Waals surface area contributed by atoms with E-state index in [1.165, 1.54) is 17.7 Å². The maximum atomic E-state index is 13.3. The highest BCUT2D eigenvalue weighted by molar-refractivity contribution is 6.22. The molecule has 0 aliphatic rings. The van der Waals surface area contributed by atoms with Crippen molar-refractivity contribution in [2.75, 3.05) is 0 Å². The molecule has 0 saturated carbocycles. The van der Waals surface area contributed by atoms with Crippen LogP contribution in [0.25, 0.3) is 0 Å². The van der Waals surface area contributed by atoms with Crippen LogP contribution in [-0.2, 0) is 5.41 Å². The summed E-state index contributed by atoms with van der Waals surface area (Å²) in [5.74, 6) is -1.22. The molecule has 0 amide bonds. The maximum Gasteiger partial charge on any atom is 0.126 e. The van der Waals surface area contributed by atoms with Crippen molar-refractivity contribution >= 4 is 11.6 Å². The molecule has 2 rings (SSSR count). The molecule has 0 fully saturated rings. The minimum absolute atomic E-state index is 0.102. The summed E-state index contributed by atoms with van der Waals surface area (Å²) in [7, 11) is 0. The fourth-order valence-corrected chi connectivity index (χ4v) is 2.49. The van der Waals surface area contributed by atoms with Crippen molar-refractivity contribution < 1.29 is 8.78 Å². The number of benzene rings is 2. The van der Waals surface area contributed by atoms with Gasteiger partial charge in [-0.1, -0.05) is 45.0 Å². The molecule has 0 spiro atoms. The van der Waals surface area contributed by atoms with Crippen molar-refractivity contribution in [2.45, 2.75) is 38.0 Å². The van der Waals surface area contributed by atoms with E-state index >= 15 is 0 Å². The van der Waals surface area contributed by atoms with Crippen molar-refractivity contribution in [3.05, 3.63) is 70.8 Å². The summed E-state index contributed by atoms with van der Waals surface area (Å²) >= 11 is 6.34. The quantitative estimate of drug-likeness (QED) is 0.609. The topological polar surface area (TPSA) is 0 Å². The van der Waals surface area contributed by atoms with Gasteiger partial charge in [0, 0.05) is 6.07 Å². The molecule has 21 heavy (non-hydrogen) atoms. The molecule has 2 aromatic carbocycles. The SMILES string of the molecule is CCC(C)(C)c1ccc(C(Cl)c2cc(F)cc(F)c2)cc1. The van der Waals surface area contributed by atoms with E-state index in [1.54, 1.807) is 0 Å². The van der Waals surface area contributed by atoms with Crippen LogP contribution in [0.4, 0.5) is 8.78 Å². The van der Waals surface area contributed by atoms with Gasteiger partial charge in [0.25, 0.3) is 0 Å². The molecule has 3 heteroatoms. The predicted octanol–water partition coefficient (Wildman–Crippen LogP) is 5.98. The van der Waals surface area contributed by atoms with Crippen molar-refractivity contribution in [1.29, 1.82) is 0 Å². The summed E-state index contributed by atoms with van der Waals surface area (Å²) in [6.45, 7) is 6.51. The Balaban J connectivity index is 2.30. The highest BCUT2D eigenvalue weighted by Gasteiger charge is 2.19. The van der Waals surface area contributed by atoms with Gasteiger partial charge in [0.2, 0.25) is 0 Å². The number of halogens is 3. The number of alkyl halides is 1. The van der Waals surface area contributed by atoms with Gasteiger partial charge in [-0.05, 0) is 40.7 Å². The second kappa shape index (κ2) is 6.15. The fraction of sp³-hybridized carbons (Fsp3) is 0.333. The normalized spacial score (nSPS) is 13.2. The molecule has 0 aromatic heterocycles. The first-order chi connectivity index (χ1) is 9.83. The van der Waals surface area contributed by atoms with Gasteiger partial charge in [0.05, 0.1) is 5.38 Å². The summed E-state index contributed by atoms with van der Waals surface area (Å²) in [5, 5.41) is -0.561. The van der Waals surface area contributed by atoms with E-state index in [1.807, 2.05) is 24.3 Å². The van der Waals surface area contributed by atoms with Crippen LogP contribution in [0, 0.1) is 11.6 Å². The summed E-state index contributed by atoms with van der Waals surface area (Å²) in [5.41, 5.74) is 2.59. The Morgan fingerprint density at radius 3 is 1.95 bits per heavy atom. The van der Waals surface area contributed by atoms with Crippen LogP contribution in [0.2, 0.25) is 0 Å². The number of hydrogen-bond donors (Lipinski definition) is 0. The Kier molecular flexibility index (Phi) is 4.67. The zero-order chi connectivity index (χ0) is 15.6. The van der Waals surface area contributed by atoms with Crippen LogP contribution in [0.1, 0.15) is 49.3 Å². The van der Waals surface area contributed by atoms with Crippen LogP contribution in [0.15, 0.2) is 42.5 Å². The number of rotatable bonds is 4. The molecule has 0 bridgehead atoms. The first-order valence-corrected chi connectivity index (χ1v) is 7.47. The van der Waals surface area contributed by atoms with Crippen LogP contribution >= 0.6 is 11.6 Å². The molecular weight excluding hydrogens is 290 g/mol. The van der Waals surface area contributed by atoms with Gasteiger partial charge in [0.15, 0.2) is 0 Å². The third-order valence-corrected chi connectivity index (χ3v) is 4.55. The van der Waals surface area contributed by atoms with E-state index < -0.39 is 17.0 Å². The van der Waals surface area contributed by atoms with Gasteiger partial charge in [-0.15, -0.1) is 11.6 Å². The Bertz CT molecular complexity index is 597. The molecule has 112 valence electrons. The first kappa shape index (κ1) is 16.0. The number of hydrogen-bond acceptors (Lipinski definition) is 0. The lowest BCUT2D eigenvalue weighted by molar-refractivity contribution is 0.506. The van der Waals surface area contributed by atoms with Gasteiger partial charge in [-0.3, -0.25) is 0 Å². The summed E-state index contributed by atoms with van der Waals surface area (Å²) in [6.07, 6.45) is 1.03. The Hall–Kier alpha value is -1.41. The molecule has 0 heterocycles. The molecule has 0 saturated heterocycles. The Morgan fingerprint density at radius 2 is 1.48 bits per heavy atom. The zero-order valence-electron chi connectivity index (χ0n) is 12.5. The van der Waals surface area contributed by atoms with Crippen LogP contribution in [0.3, 0.4) is 0 Å². The summed E-state index contributed by atoms with van der Waals surface area (Å²) in [4.78, 5) is 0. The van der Waals surface area contributed by atoms with Gasteiger partial charge < -0.3 is 0 Å². The van der Waals surface area contributed by atoms with Crippen LogP contribution < -0.4 is 0 Å². The van der Waals surface area contributed by atoms with Gasteiger partial charge >= 0.3 is 0 Å². The van der Waals surface area contributed by atoms with Crippen molar-refractivity contribution in [1.82, 2.24) is 0 Å². The molecule has 1 atom stereocenters. The molecular formula is C18H19ClF2. The molecule has 0 radical (unpaired) electrons. The molecule has 0 N–H and O–H groups in total. The smallest absolute Gasteiger partial charge is 0.126 e. The van der Waals surface area contributed by atoms with Crippen LogP contribution in [0.5, 0.6) is 0 Å². The van der Waals surface area contributed by atoms with Crippen molar-refractivity contribution in [3.8, 4) is 0 Å². The van der Waals surface area contributed by atoms with Gasteiger partial charge in [0.1, 0.15) is 11.6 Å². The van der Waals surface area contributed by atoms with E-state index in [9.17, 15) is 8.78 Å². The van der Waals surface area contributed by atoms with Crippen molar-refractivity contribution in [2.24, 2.45) is 0 Å². The second-order valence-corrected chi connectivity index (χ2v) is 6.36. The Morgan fingerprint density at radius 1 is 0.952 bits per heavy atom. The standard InChI is InChI=1S/C18H19ClF2/c1-4-18(2,3)14-7-5-12(6-8-14)17(19)13-9-15(20)11-16(21)10-13/h5-11,17H,4H2,1-3H3. The largest absolute Gasteiger partial charge is 0.207 e. The molecule has 0 nitrogen and oxygen atoms in total. The van der Waals surface area contributed by atoms with Crippen molar-refractivity contribution in [3.63, 3.8) is 0 Å². The lowest BCUT2D eigenvalue weighted by Crippen LogP contribution is -2.15. The zero-order valence-corrected chi connectivity index (χ0v) is 13.2.